The van der Waals surface area contributed by atoms with Gasteiger partial charge in [-0.2, -0.15) is 5.10 Å². The fraction of sp³-hybridized carbons (Fsp3) is 0.167. The van der Waals surface area contributed by atoms with Crippen LogP contribution in [0.25, 0.3) is 0 Å². The molecule has 3 aliphatic rings. The minimum atomic E-state index is -1.47. The quantitative estimate of drug-likeness (QED) is 0.639. The number of carbonyl (C=O) groups excluding carboxylic acids is 1. The summed E-state index contributed by atoms with van der Waals surface area (Å²) in [6, 6.07) is 20.9. The smallest absolute Gasteiger partial charge is 0.306 e. The number of para-hydroxylation sites is 1. The molecule has 1 spiro atoms. The van der Waals surface area contributed by atoms with Gasteiger partial charge in [0.05, 0.1) is 30.1 Å². The summed E-state index contributed by atoms with van der Waals surface area (Å²) in [5.41, 5.74) is 2.68. The second-order valence-corrected chi connectivity index (χ2v) is 8.18. The number of halogens is 1. The van der Waals surface area contributed by atoms with Gasteiger partial charge in [-0.1, -0.05) is 54.1 Å². The number of hydrogen-bond donors (Lipinski definition) is 1. The fourth-order valence-corrected chi connectivity index (χ4v) is 4.84. The molecule has 7 heteroatoms. The third kappa shape index (κ3) is 2.45. The van der Waals surface area contributed by atoms with Gasteiger partial charge in [0, 0.05) is 17.0 Å². The number of ether oxygens (including phenoxy) is 2. The molecule has 3 aromatic rings. The Bertz CT molecular complexity index is 1260. The van der Waals surface area contributed by atoms with Crippen LogP contribution < -0.4 is 14.8 Å². The van der Waals surface area contributed by atoms with Gasteiger partial charge < -0.3 is 14.8 Å². The minimum absolute atomic E-state index is 0.190. The Kier molecular flexibility index (Phi) is 3.83. The van der Waals surface area contributed by atoms with E-state index in [-0.39, 0.29) is 11.9 Å². The van der Waals surface area contributed by atoms with Gasteiger partial charge in [-0.25, -0.2) is 5.01 Å². The first-order valence-electron chi connectivity index (χ1n) is 10.0. The topological polar surface area (TPSA) is 63.2 Å². The Labute approximate surface area is 184 Å². The van der Waals surface area contributed by atoms with Crippen molar-refractivity contribution in [3.63, 3.8) is 0 Å². The third-order valence-electron chi connectivity index (χ3n) is 6.08. The molecule has 1 N–H and O–H groups in total. The molecule has 1 amide bonds. The molecule has 0 aliphatic carbocycles. The van der Waals surface area contributed by atoms with Crippen LogP contribution >= 0.6 is 11.6 Å². The van der Waals surface area contributed by atoms with E-state index in [1.54, 1.807) is 30.3 Å². The van der Waals surface area contributed by atoms with Crippen LogP contribution in [0.15, 0.2) is 71.8 Å². The number of anilines is 1. The van der Waals surface area contributed by atoms with Crippen molar-refractivity contribution in [1.29, 1.82) is 0 Å². The van der Waals surface area contributed by atoms with Crippen molar-refractivity contribution in [3.05, 3.63) is 88.4 Å². The lowest BCUT2D eigenvalue weighted by atomic mass is 9.92. The summed E-state index contributed by atoms with van der Waals surface area (Å²) in [5, 5.41) is 10.2. The summed E-state index contributed by atoms with van der Waals surface area (Å²) < 4.78 is 12.1. The predicted molar refractivity (Wildman–Crippen MR) is 118 cm³/mol. The maximum absolute atomic E-state index is 13.5. The molecule has 31 heavy (non-hydrogen) atoms. The van der Waals surface area contributed by atoms with Crippen LogP contribution in [0.4, 0.5) is 5.69 Å². The van der Waals surface area contributed by atoms with E-state index in [9.17, 15) is 4.79 Å². The number of hydrogen-bond acceptors (Lipinski definition) is 5. The van der Waals surface area contributed by atoms with E-state index in [1.165, 1.54) is 0 Å². The van der Waals surface area contributed by atoms with Gasteiger partial charge in [-0.05, 0) is 29.8 Å². The van der Waals surface area contributed by atoms with Gasteiger partial charge in [0.25, 0.3) is 5.91 Å². The van der Waals surface area contributed by atoms with Crippen molar-refractivity contribution in [1.82, 2.24) is 5.01 Å². The molecule has 0 saturated heterocycles. The maximum atomic E-state index is 13.5. The van der Waals surface area contributed by atoms with Crippen molar-refractivity contribution < 1.29 is 14.3 Å². The lowest BCUT2D eigenvalue weighted by Gasteiger charge is -2.44. The summed E-state index contributed by atoms with van der Waals surface area (Å²) in [5.74, 6) is 0.830. The van der Waals surface area contributed by atoms with E-state index in [0.29, 0.717) is 34.2 Å². The Morgan fingerprint density at radius 2 is 2.00 bits per heavy atom. The van der Waals surface area contributed by atoms with Gasteiger partial charge in [0.1, 0.15) is 0 Å². The molecular weight excluding hydrogens is 414 g/mol. The summed E-state index contributed by atoms with van der Waals surface area (Å²) in [7, 11) is 1.60. The molecule has 0 aromatic heterocycles. The third-order valence-corrected chi connectivity index (χ3v) is 6.32. The summed E-state index contributed by atoms with van der Waals surface area (Å²) in [6.07, 6.45) is 0.637. The summed E-state index contributed by atoms with van der Waals surface area (Å²) in [6.45, 7) is 0. The van der Waals surface area contributed by atoms with Gasteiger partial charge in [0.15, 0.2) is 11.5 Å². The first-order valence-corrected chi connectivity index (χ1v) is 10.4. The molecule has 0 radical (unpaired) electrons. The standard InChI is InChI=1S/C24H18ClN3O3/c1-30-21-9-5-8-16-20-13-19(14-6-3-2-4-7-14)27-28(20)24(31-22(16)21)17-12-15(25)10-11-18(17)26-23(24)29/h2-12,20H,13H2,1H3,(H,26,29)/t20-,24-/m1/s1. The van der Waals surface area contributed by atoms with E-state index in [4.69, 9.17) is 26.2 Å². The van der Waals surface area contributed by atoms with Crippen molar-refractivity contribution >= 4 is 28.9 Å². The molecule has 6 nitrogen and oxygen atoms in total. The highest BCUT2D eigenvalue weighted by atomic mass is 35.5. The normalized spacial score (nSPS) is 22.9. The monoisotopic (exact) mass is 431 g/mol. The molecule has 0 saturated carbocycles. The zero-order chi connectivity index (χ0) is 21.2. The highest BCUT2D eigenvalue weighted by Crippen LogP contribution is 2.56. The molecule has 154 valence electrons. The maximum Gasteiger partial charge on any atom is 0.306 e. The Morgan fingerprint density at radius 1 is 1.16 bits per heavy atom. The molecule has 3 heterocycles. The summed E-state index contributed by atoms with van der Waals surface area (Å²) in [4.78, 5) is 13.5. The van der Waals surface area contributed by atoms with Crippen LogP contribution in [0.3, 0.4) is 0 Å². The van der Waals surface area contributed by atoms with Crippen LogP contribution in [0.1, 0.15) is 29.2 Å². The average Bonchev–Trinajstić information content (AvgIpc) is 3.36. The second-order valence-electron chi connectivity index (χ2n) is 7.75. The van der Waals surface area contributed by atoms with E-state index in [0.717, 1.165) is 16.8 Å². The van der Waals surface area contributed by atoms with E-state index in [2.05, 4.69) is 5.32 Å². The molecule has 6 rings (SSSR count). The summed E-state index contributed by atoms with van der Waals surface area (Å²) >= 11 is 6.33. The van der Waals surface area contributed by atoms with E-state index in [1.807, 2.05) is 48.5 Å². The SMILES string of the molecule is COc1cccc2c1O[C@]1(C(=O)Nc3ccc(Cl)cc31)N1N=C(c3ccccc3)C[C@H]21. The Morgan fingerprint density at radius 3 is 2.81 bits per heavy atom. The van der Waals surface area contributed by atoms with E-state index < -0.39 is 5.72 Å². The van der Waals surface area contributed by atoms with Crippen molar-refractivity contribution in [3.8, 4) is 11.5 Å². The molecule has 0 fully saturated rings. The highest BCUT2D eigenvalue weighted by Gasteiger charge is 2.61. The van der Waals surface area contributed by atoms with Gasteiger partial charge in [-0.15, -0.1) is 0 Å². The number of hydrazone groups is 1. The van der Waals surface area contributed by atoms with Crippen LogP contribution in [0.5, 0.6) is 11.5 Å². The number of fused-ring (bicyclic) bond motifs is 6. The fourth-order valence-electron chi connectivity index (χ4n) is 4.67. The predicted octanol–water partition coefficient (Wildman–Crippen LogP) is 4.70. The number of nitrogens with zero attached hydrogens (tertiary/aromatic N) is 2. The van der Waals surface area contributed by atoms with Crippen molar-refractivity contribution in [2.24, 2.45) is 5.10 Å². The number of amides is 1. The molecular formula is C24H18ClN3O3. The van der Waals surface area contributed by atoms with Crippen molar-refractivity contribution in [2.45, 2.75) is 18.2 Å². The first-order chi connectivity index (χ1) is 15.1. The first kappa shape index (κ1) is 18.3. The molecule has 0 bridgehead atoms. The number of methoxy groups -OCH3 is 1. The number of carbonyl (C=O) groups is 1. The van der Waals surface area contributed by atoms with Crippen LogP contribution in [0.2, 0.25) is 5.02 Å². The lowest BCUT2D eigenvalue weighted by molar-refractivity contribution is -0.161. The highest BCUT2D eigenvalue weighted by molar-refractivity contribution is 6.31. The largest absolute Gasteiger partial charge is 0.493 e. The van der Waals surface area contributed by atoms with Crippen LogP contribution in [-0.2, 0) is 10.5 Å². The molecule has 3 aromatic carbocycles. The zero-order valence-electron chi connectivity index (χ0n) is 16.6. The van der Waals surface area contributed by atoms with Gasteiger partial charge in [-0.3, -0.25) is 4.79 Å². The molecule has 3 aliphatic heterocycles. The lowest BCUT2D eigenvalue weighted by Crippen LogP contribution is -2.55. The number of benzene rings is 3. The second kappa shape index (κ2) is 6.49. The average molecular weight is 432 g/mol. The number of nitrogens with one attached hydrogen (secondary N) is 1. The van der Waals surface area contributed by atoms with Crippen molar-refractivity contribution in [2.75, 3.05) is 12.4 Å². The zero-order valence-corrected chi connectivity index (χ0v) is 17.4. The Balaban J connectivity index is 1.61. The van der Waals surface area contributed by atoms with Gasteiger partial charge >= 0.3 is 5.72 Å². The molecule has 0 unspecified atom stereocenters. The minimum Gasteiger partial charge on any atom is -0.493 e. The molecule has 2 atom stereocenters. The van der Waals surface area contributed by atoms with Gasteiger partial charge in [0.2, 0.25) is 0 Å². The Hall–Kier alpha value is -3.51. The van der Waals surface area contributed by atoms with Crippen LogP contribution in [-0.4, -0.2) is 23.7 Å². The van der Waals surface area contributed by atoms with Crippen LogP contribution in [0, 0.1) is 0 Å². The van der Waals surface area contributed by atoms with E-state index >= 15 is 0 Å². The number of rotatable bonds is 2.